The summed E-state index contributed by atoms with van der Waals surface area (Å²) in [5, 5.41) is 18.1. The number of aromatic nitrogens is 1. The molecule has 0 aliphatic heterocycles. The molecule has 2 heterocycles. The summed E-state index contributed by atoms with van der Waals surface area (Å²) in [7, 11) is 0. The maximum atomic E-state index is 12.8. The van der Waals surface area contributed by atoms with Gasteiger partial charge in [0, 0.05) is 23.5 Å². The number of carbonyl (C=O) groups is 2. The van der Waals surface area contributed by atoms with E-state index in [1.807, 2.05) is 47.2 Å². The molecule has 0 unspecified atom stereocenters. The molecule has 2 aromatic heterocycles. The van der Waals surface area contributed by atoms with Crippen LogP contribution in [0.3, 0.4) is 0 Å². The molecule has 1 N–H and O–H groups in total. The Morgan fingerprint density at radius 2 is 1.67 bits per heavy atom. The van der Waals surface area contributed by atoms with Gasteiger partial charge in [0.05, 0.1) is 17.2 Å². The molecule has 7 heteroatoms. The number of hydrogen-bond donors (Lipinski definition) is 1. The molecular weight excluding hydrogens is 407 g/mol. The molecule has 0 atom stereocenters. The fourth-order valence-corrected chi connectivity index (χ4v) is 3.65. The van der Waals surface area contributed by atoms with Crippen molar-refractivity contribution in [1.29, 1.82) is 0 Å². The van der Waals surface area contributed by atoms with Crippen LogP contribution in [0.15, 0.2) is 83.8 Å². The molecule has 30 heavy (non-hydrogen) atoms. The quantitative estimate of drug-likeness (QED) is 0.489. The number of aromatic carboxylic acids is 1. The van der Waals surface area contributed by atoms with Crippen LogP contribution in [0.5, 0.6) is 0 Å². The van der Waals surface area contributed by atoms with E-state index >= 15 is 0 Å². The van der Waals surface area contributed by atoms with E-state index in [0.717, 1.165) is 22.3 Å². The molecule has 2 aromatic carbocycles. The zero-order valence-electron chi connectivity index (χ0n) is 16.2. The third kappa shape index (κ3) is 4.86. The van der Waals surface area contributed by atoms with Crippen molar-refractivity contribution in [2.24, 2.45) is 0 Å². The first kappa shape index (κ1) is 21.9. The second kappa shape index (κ2) is 9.82. The SMILES string of the molecule is O=C(Nc1cc(-c2ccsc2)ccc1C(=O)[O-])c1cncc(-c2ccccc2)c1.[Na+]. The van der Waals surface area contributed by atoms with Crippen LogP contribution in [0.2, 0.25) is 0 Å². The van der Waals surface area contributed by atoms with Gasteiger partial charge in [0.15, 0.2) is 0 Å². The summed E-state index contributed by atoms with van der Waals surface area (Å²) in [6, 6.07) is 18.0. The fraction of sp³-hybridized carbons (Fsp3) is 0. The Kier molecular flexibility index (Phi) is 7.18. The van der Waals surface area contributed by atoms with Crippen molar-refractivity contribution in [3.8, 4) is 22.3 Å². The van der Waals surface area contributed by atoms with Crippen LogP contribution in [0.4, 0.5) is 5.69 Å². The zero-order chi connectivity index (χ0) is 20.2. The molecule has 4 aromatic rings. The van der Waals surface area contributed by atoms with Gasteiger partial charge < -0.3 is 15.2 Å². The Hall–Kier alpha value is -2.77. The van der Waals surface area contributed by atoms with E-state index in [2.05, 4.69) is 10.3 Å². The number of hydrogen-bond acceptors (Lipinski definition) is 5. The van der Waals surface area contributed by atoms with Gasteiger partial charge in [-0.25, -0.2) is 0 Å². The Balaban J connectivity index is 0.00000256. The largest absolute Gasteiger partial charge is 1.00 e. The van der Waals surface area contributed by atoms with Crippen LogP contribution in [0.1, 0.15) is 20.7 Å². The second-order valence-electron chi connectivity index (χ2n) is 6.34. The average Bonchev–Trinajstić information content (AvgIpc) is 3.29. The number of nitrogens with one attached hydrogen (secondary N) is 1. The van der Waals surface area contributed by atoms with Crippen molar-refractivity contribution in [1.82, 2.24) is 4.98 Å². The molecule has 0 fully saturated rings. The molecule has 0 spiro atoms. The first-order valence-corrected chi connectivity index (χ1v) is 9.76. The van der Waals surface area contributed by atoms with E-state index in [9.17, 15) is 14.7 Å². The molecule has 1 amide bonds. The Bertz CT molecular complexity index is 1180. The number of anilines is 1. The maximum absolute atomic E-state index is 12.8. The standard InChI is InChI=1S/C23H16N2O3S.Na/c26-22(19-10-18(12-24-13-19)15-4-2-1-3-5-15)25-21-11-16(17-8-9-29-14-17)6-7-20(21)23(27)28;/h1-14H,(H,25,26)(H,27,28);/q;+1/p-1. The van der Waals surface area contributed by atoms with Crippen molar-refractivity contribution in [2.75, 3.05) is 5.32 Å². The molecule has 0 aliphatic rings. The Morgan fingerprint density at radius 3 is 2.37 bits per heavy atom. The minimum Gasteiger partial charge on any atom is -0.545 e. The van der Waals surface area contributed by atoms with E-state index in [1.54, 1.807) is 24.4 Å². The van der Waals surface area contributed by atoms with E-state index in [0.29, 0.717) is 5.56 Å². The average molecular weight is 422 g/mol. The van der Waals surface area contributed by atoms with Crippen molar-refractivity contribution in [3.63, 3.8) is 0 Å². The van der Waals surface area contributed by atoms with Crippen LogP contribution >= 0.6 is 11.3 Å². The number of amides is 1. The van der Waals surface area contributed by atoms with Gasteiger partial charge in [-0.1, -0.05) is 42.5 Å². The van der Waals surface area contributed by atoms with E-state index in [-0.39, 0.29) is 40.8 Å². The summed E-state index contributed by atoms with van der Waals surface area (Å²) < 4.78 is 0. The van der Waals surface area contributed by atoms with Crippen LogP contribution in [0.25, 0.3) is 22.3 Å². The molecule has 142 valence electrons. The molecular formula is C23H15N2NaO3S. The van der Waals surface area contributed by atoms with Gasteiger partial charge in [-0.15, -0.1) is 0 Å². The van der Waals surface area contributed by atoms with Crippen molar-refractivity contribution in [2.45, 2.75) is 0 Å². The van der Waals surface area contributed by atoms with Gasteiger partial charge >= 0.3 is 29.6 Å². The van der Waals surface area contributed by atoms with Crippen molar-refractivity contribution >= 4 is 28.9 Å². The van der Waals surface area contributed by atoms with Gasteiger partial charge in [-0.3, -0.25) is 9.78 Å². The molecule has 5 nitrogen and oxygen atoms in total. The number of carboxylic acid groups (broad SMARTS) is 1. The molecule has 0 saturated heterocycles. The van der Waals surface area contributed by atoms with Crippen LogP contribution in [-0.2, 0) is 0 Å². The smallest absolute Gasteiger partial charge is 0.545 e. The summed E-state index contributed by atoms with van der Waals surface area (Å²) in [6.45, 7) is 0. The Labute approximate surface area is 199 Å². The minimum atomic E-state index is -1.35. The molecule has 0 bridgehead atoms. The van der Waals surface area contributed by atoms with E-state index in [1.165, 1.54) is 23.6 Å². The Morgan fingerprint density at radius 1 is 0.867 bits per heavy atom. The monoisotopic (exact) mass is 422 g/mol. The number of thiophene rings is 1. The maximum Gasteiger partial charge on any atom is 1.00 e. The predicted molar refractivity (Wildman–Crippen MR) is 112 cm³/mol. The summed E-state index contributed by atoms with van der Waals surface area (Å²) in [4.78, 5) is 28.5. The van der Waals surface area contributed by atoms with Crippen molar-refractivity contribution < 1.29 is 44.3 Å². The number of pyridine rings is 1. The topological polar surface area (TPSA) is 82.1 Å². The normalized spacial score (nSPS) is 10.1. The van der Waals surface area contributed by atoms with Gasteiger partial charge in [-0.05, 0) is 45.6 Å². The second-order valence-corrected chi connectivity index (χ2v) is 7.12. The molecule has 0 aliphatic carbocycles. The first-order chi connectivity index (χ1) is 14.1. The van der Waals surface area contributed by atoms with Crippen LogP contribution in [-0.4, -0.2) is 16.9 Å². The molecule has 0 saturated carbocycles. The first-order valence-electron chi connectivity index (χ1n) is 8.81. The summed E-state index contributed by atoms with van der Waals surface area (Å²) in [5.74, 6) is -1.80. The van der Waals surface area contributed by atoms with E-state index in [4.69, 9.17) is 0 Å². The number of rotatable bonds is 5. The van der Waals surface area contributed by atoms with Crippen LogP contribution in [0, 0.1) is 0 Å². The summed E-state index contributed by atoms with van der Waals surface area (Å²) in [6.07, 6.45) is 3.12. The van der Waals surface area contributed by atoms with Gasteiger partial charge in [-0.2, -0.15) is 11.3 Å². The number of carboxylic acids is 1. The van der Waals surface area contributed by atoms with Crippen LogP contribution < -0.4 is 40.0 Å². The number of nitrogens with zero attached hydrogens (tertiary/aromatic N) is 1. The fourth-order valence-electron chi connectivity index (χ4n) is 2.98. The van der Waals surface area contributed by atoms with Crippen molar-refractivity contribution in [3.05, 3.63) is 94.9 Å². The summed E-state index contributed by atoms with van der Waals surface area (Å²) >= 11 is 1.54. The van der Waals surface area contributed by atoms with Gasteiger partial charge in [0.1, 0.15) is 0 Å². The van der Waals surface area contributed by atoms with E-state index < -0.39 is 11.9 Å². The molecule has 0 radical (unpaired) electrons. The summed E-state index contributed by atoms with van der Waals surface area (Å²) in [5.41, 5.74) is 3.92. The number of carbonyl (C=O) groups excluding carboxylic acids is 2. The third-order valence-electron chi connectivity index (χ3n) is 4.45. The minimum absolute atomic E-state index is 0. The zero-order valence-corrected chi connectivity index (χ0v) is 19.0. The number of benzene rings is 2. The molecule has 4 rings (SSSR count). The predicted octanol–water partition coefficient (Wildman–Crippen LogP) is 1.10. The van der Waals surface area contributed by atoms with Gasteiger partial charge in [0.25, 0.3) is 5.91 Å². The van der Waals surface area contributed by atoms with Gasteiger partial charge in [0.2, 0.25) is 0 Å². The third-order valence-corrected chi connectivity index (χ3v) is 5.13.